The molecule has 2 aromatic carbocycles. The van der Waals surface area contributed by atoms with Gasteiger partial charge in [-0.2, -0.15) is 0 Å². The van der Waals surface area contributed by atoms with Crippen LogP contribution in [0.2, 0.25) is 0 Å². The summed E-state index contributed by atoms with van der Waals surface area (Å²) in [6.07, 6.45) is 0. The molecule has 0 aliphatic carbocycles. The predicted molar refractivity (Wildman–Crippen MR) is 73.2 cm³/mol. The van der Waals surface area contributed by atoms with Crippen LogP contribution in [0.25, 0.3) is 0 Å². The molecular formula is C14H10BrF2NO. The lowest BCUT2D eigenvalue weighted by atomic mass is 10.1. The molecule has 0 heterocycles. The highest BCUT2D eigenvalue weighted by Crippen LogP contribution is 2.23. The van der Waals surface area contributed by atoms with Gasteiger partial charge in [-0.1, -0.05) is 12.1 Å². The van der Waals surface area contributed by atoms with Crippen molar-refractivity contribution < 1.29 is 13.6 Å². The number of hydrogen-bond donors (Lipinski definition) is 1. The van der Waals surface area contributed by atoms with E-state index in [-0.39, 0.29) is 10.0 Å². The van der Waals surface area contributed by atoms with Crippen LogP contribution < -0.4 is 5.32 Å². The number of anilines is 1. The molecule has 0 saturated carbocycles. The van der Waals surface area contributed by atoms with E-state index in [9.17, 15) is 13.6 Å². The summed E-state index contributed by atoms with van der Waals surface area (Å²) in [4.78, 5) is 12.0. The largest absolute Gasteiger partial charge is 0.322 e. The highest BCUT2D eigenvalue weighted by Gasteiger charge is 2.14. The summed E-state index contributed by atoms with van der Waals surface area (Å²) in [5.74, 6) is -1.43. The Morgan fingerprint density at radius 2 is 1.74 bits per heavy atom. The second kappa shape index (κ2) is 5.48. The number of carbonyl (C=O) groups excluding carboxylic acids is 1. The van der Waals surface area contributed by atoms with E-state index in [0.29, 0.717) is 11.3 Å². The Labute approximate surface area is 117 Å². The van der Waals surface area contributed by atoms with Crippen molar-refractivity contribution in [2.45, 2.75) is 6.92 Å². The summed E-state index contributed by atoms with van der Waals surface area (Å²) in [7, 11) is 0. The third-order valence-corrected chi connectivity index (χ3v) is 3.52. The summed E-state index contributed by atoms with van der Waals surface area (Å²) in [5, 5.41) is 2.56. The van der Waals surface area contributed by atoms with Gasteiger partial charge in [0.2, 0.25) is 0 Å². The van der Waals surface area contributed by atoms with Crippen molar-refractivity contribution in [3.8, 4) is 0 Å². The van der Waals surface area contributed by atoms with Crippen LogP contribution in [0.1, 0.15) is 15.9 Å². The summed E-state index contributed by atoms with van der Waals surface area (Å²) >= 11 is 3.02. The third-order valence-electron chi connectivity index (χ3n) is 2.71. The second-order valence-electron chi connectivity index (χ2n) is 3.97. The zero-order valence-electron chi connectivity index (χ0n) is 10.0. The highest BCUT2D eigenvalue weighted by atomic mass is 79.9. The molecule has 5 heteroatoms. The summed E-state index contributed by atoms with van der Waals surface area (Å²) < 4.78 is 26.8. The van der Waals surface area contributed by atoms with Crippen LogP contribution in [0, 0.1) is 18.6 Å². The molecule has 98 valence electrons. The average Bonchev–Trinajstić information content (AvgIpc) is 2.38. The fraction of sp³-hybridized carbons (Fsp3) is 0.0714. The number of nitrogens with one attached hydrogen (secondary N) is 1. The molecule has 0 unspecified atom stereocenters. The van der Waals surface area contributed by atoms with E-state index < -0.39 is 17.5 Å². The lowest BCUT2D eigenvalue weighted by Crippen LogP contribution is -2.14. The van der Waals surface area contributed by atoms with Crippen molar-refractivity contribution in [3.05, 3.63) is 63.6 Å². The Morgan fingerprint density at radius 3 is 2.47 bits per heavy atom. The number of rotatable bonds is 2. The van der Waals surface area contributed by atoms with Crippen molar-refractivity contribution in [3.63, 3.8) is 0 Å². The molecule has 0 saturated heterocycles. The molecule has 0 aromatic heterocycles. The monoisotopic (exact) mass is 325 g/mol. The molecule has 0 spiro atoms. The van der Waals surface area contributed by atoms with Gasteiger partial charge in [0, 0.05) is 11.3 Å². The van der Waals surface area contributed by atoms with Gasteiger partial charge >= 0.3 is 0 Å². The molecule has 1 N–H and O–H groups in total. The molecule has 2 rings (SSSR count). The molecule has 0 bridgehead atoms. The molecule has 2 nitrogen and oxygen atoms in total. The van der Waals surface area contributed by atoms with Gasteiger partial charge in [-0.15, -0.1) is 0 Å². The quantitative estimate of drug-likeness (QED) is 0.876. The van der Waals surface area contributed by atoms with Gasteiger partial charge in [-0.05, 0) is 47.1 Å². The van der Waals surface area contributed by atoms with E-state index in [2.05, 4.69) is 21.2 Å². The van der Waals surface area contributed by atoms with Crippen molar-refractivity contribution in [2.24, 2.45) is 0 Å². The zero-order chi connectivity index (χ0) is 14.0. The SMILES string of the molecule is Cc1c(F)cccc1NC(=O)c1cccc(F)c1Br. The Hall–Kier alpha value is -1.75. The van der Waals surface area contributed by atoms with Crippen LogP contribution in [0.15, 0.2) is 40.9 Å². The smallest absolute Gasteiger partial charge is 0.256 e. The number of amides is 1. The van der Waals surface area contributed by atoms with Crippen LogP contribution in [0.4, 0.5) is 14.5 Å². The normalized spacial score (nSPS) is 10.3. The van der Waals surface area contributed by atoms with Gasteiger partial charge in [0.05, 0.1) is 10.0 Å². The van der Waals surface area contributed by atoms with Gasteiger partial charge in [0.15, 0.2) is 0 Å². The van der Waals surface area contributed by atoms with E-state index in [4.69, 9.17) is 0 Å². The first kappa shape index (κ1) is 13.7. The Balaban J connectivity index is 2.31. The molecular weight excluding hydrogens is 316 g/mol. The topological polar surface area (TPSA) is 29.1 Å². The first-order chi connectivity index (χ1) is 9.00. The Morgan fingerprint density at radius 1 is 1.11 bits per heavy atom. The minimum Gasteiger partial charge on any atom is -0.322 e. The minimum absolute atomic E-state index is 0.0848. The molecule has 1 amide bonds. The standard InChI is InChI=1S/C14H10BrF2NO/c1-8-10(16)5-3-7-12(8)18-14(19)9-4-2-6-11(17)13(9)15/h2-7H,1H3,(H,18,19). The van der Waals surface area contributed by atoms with Gasteiger partial charge in [0.1, 0.15) is 11.6 Å². The maximum atomic E-state index is 13.4. The number of hydrogen-bond acceptors (Lipinski definition) is 1. The van der Waals surface area contributed by atoms with E-state index in [1.807, 2.05) is 0 Å². The first-order valence-electron chi connectivity index (χ1n) is 5.51. The van der Waals surface area contributed by atoms with Gasteiger partial charge in [-0.3, -0.25) is 4.79 Å². The van der Waals surface area contributed by atoms with Crippen molar-refractivity contribution >= 4 is 27.5 Å². The minimum atomic E-state index is -0.524. The van der Waals surface area contributed by atoms with Crippen LogP contribution in [-0.2, 0) is 0 Å². The van der Waals surface area contributed by atoms with E-state index >= 15 is 0 Å². The number of halogens is 3. The molecule has 0 aliphatic heterocycles. The van der Waals surface area contributed by atoms with Crippen molar-refractivity contribution in [1.29, 1.82) is 0 Å². The molecule has 0 atom stereocenters. The van der Waals surface area contributed by atoms with Crippen LogP contribution in [0.5, 0.6) is 0 Å². The Kier molecular flexibility index (Phi) is 3.95. The Bertz CT molecular complexity index is 643. The maximum Gasteiger partial charge on any atom is 0.256 e. The molecule has 0 aliphatic rings. The molecule has 2 aromatic rings. The van der Waals surface area contributed by atoms with Gasteiger partial charge in [0.25, 0.3) is 5.91 Å². The third kappa shape index (κ3) is 2.81. The van der Waals surface area contributed by atoms with Gasteiger partial charge < -0.3 is 5.32 Å². The van der Waals surface area contributed by atoms with E-state index in [1.54, 1.807) is 13.0 Å². The summed E-state index contributed by atoms with van der Waals surface area (Å²) in [6, 6.07) is 8.56. The number of carbonyl (C=O) groups is 1. The molecule has 0 radical (unpaired) electrons. The lowest BCUT2D eigenvalue weighted by molar-refractivity contribution is 0.102. The second-order valence-corrected chi connectivity index (χ2v) is 4.76. The van der Waals surface area contributed by atoms with Crippen LogP contribution in [0.3, 0.4) is 0 Å². The van der Waals surface area contributed by atoms with Crippen molar-refractivity contribution in [2.75, 3.05) is 5.32 Å². The summed E-state index contributed by atoms with van der Waals surface area (Å²) in [5.41, 5.74) is 0.855. The van der Waals surface area contributed by atoms with Crippen molar-refractivity contribution in [1.82, 2.24) is 0 Å². The van der Waals surface area contributed by atoms with E-state index in [1.165, 1.54) is 30.3 Å². The fourth-order valence-corrected chi connectivity index (χ4v) is 2.06. The molecule has 19 heavy (non-hydrogen) atoms. The predicted octanol–water partition coefficient (Wildman–Crippen LogP) is 4.29. The maximum absolute atomic E-state index is 13.4. The fourth-order valence-electron chi connectivity index (χ4n) is 1.61. The van der Waals surface area contributed by atoms with Crippen LogP contribution in [-0.4, -0.2) is 5.91 Å². The lowest BCUT2D eigenvalue weighted by Gasteiger charge is -2.10. The van der Waals surface area contributed by atoms with Gasteiger partial charge in [-0.25, -0.2) is 8.78 Å². The van der Waals surface area contributed by atoms with E-state index in [0.717, 1.165) is 0 Å². The number of benzene rings is 2. The molecule has 0 fully saturated rings. The highest BCUT2D eigenvalue weighted by molar-refractivity contribution is 9.10. The average molecular weight is 326 g/mol. The summed E-state index contributed by atoms with van der Waals surface area (Å²) in [6.45, 7) is 1.56. The van der Waals surface area contributed by atoms with Crippen LogP contribution >= 0.6 is 15.9 Å². The first-order valence-corrected chi connectivity index (χ1v) is 6.30. The zero-order valence-corrected chi connectivity index (χ0v) is 11.6.